The van der Waals surface area contributed by atoms with Gasteiger partial charge in [0.2, 0.25) is 0 Å². The van der Waals surface area contributed by atoms with Crippen LogP contribution in [0.25, 0.3) is 0 Å². The minimum atomic E-state index is -0.988. The molecule has 13 heteroatoms. The molecule has 0 radical (unpaired) electrons. The Morgan fingerprint density at radius 2 is 1.92 bits per heavy atom. The van der Waals surface area contributed by atoms with E-state index in [9.17, 15) is 24.5 Å². The first-order valence-corrected chi connectivity index (χ1v) is 12.8. The van der Waals surface area contributed by atoms with Crippen molar-refractivity contribution in [1.29, 1.82) is 0 Å². The number of nitro benzene ring substituents is 1. The minimum Gasteiger partial charge on any atom is -0.494 e. The van der Waals surface area contributed by atoms with Gasteiger partial charge in [0.05, 0.1) is 29.7 Å². The molecule has 0 spiro atoms. The van der Waals surface area contributed by atoms with Crippen LogP contribution >= 0.6 is 0 Å². The van der Waals surface area contributed by atoms with Crippen LogP contribution in [0.2, 0.25) is 0 Å². The summed E-state index contributed by atoms with van der Waals surface area (Å²) in [6, 6.07) is 2.25. The molecule has 3 amide bonds. The third-order valence-corrected chi connectivity index (χ3v) is 7.40. The lowest BCUT2D eigenvalue weighted by Gasteiger charge is -2.28. The highest BCUT2D eigenvalue weighted by Crippen LogP contribution is 2.41. The molecule has 1 aromatic rings. The van der Waals surface area contributed by atoms with E-state index in [4.69, 9.17) is 14.6 Å². The number of likely N-dealkylation sites (tertiary alicyclic amines) is 2. The summed E-state index contributed by atoms with van der Waals surface area (Å²) in [7, 11) is 1.37. The number of piperidine rings is 1. The minimum absolute atomic E-state index is 0.00808. The van der Waals surface area contributed by atoms with Gasteiger partial charge in [-0.15, -0.1) is 0 Å². The highest BCUT2D eigenvalue weighted by Gasteiger charge is 2.50. The van der Waals surface area contributed by atoms with Crippen molar-refractivity contribution in [2.75, 3.05) is 38.6 Å². The van der Waals surface area contributed by atoms with Gasteiger partial charge in [0.25, 0.3) is 11.6 Å². The molecular formula is C25H35N5O8. The summed E-state index contributed by atoms with van der Waals surface area (Å²) in [5, 5.41) is 27.1. The van der Waals surface area contributed by atoms with Gasteiger partial charge in [-0.2, -0.15) is 0 Å². The lowest BCUT2D eigenvalue weighted by atomic mass is 10.1. The van der Waals surface area contributed by atoms with Crippen molar-refractivity contribution in [3.63, 3.8) is 0 Å². The van der Waals surface area contributed by atoms with E-state index < -0.39 is 22.7 Å². The predicted molar refractivity (Wildman–Crippen MR) is 137 cm³/mol. The number of hydrogen-bond donors (Lipinski definition) is 3. The monoisotopic (exact) mass is 533 g/mol. The molecule has 1 aliphatic carbocycles. The lowest BCUT2D eigenvalue weighted by molar-refractivity contribution is -0.384. The maximum Gasteiger partial charge on any atom is 0.407 e. The van der Waals surface area contributed by atoms with Crippen molar-refractivity contribution in [2.24, 2.45) is 11.8 Å². The molecule has 2 aliphatic heterocycles. The Labute approximate surface area is 220 Å². The highest BCUT2D eigenvalue weighted by molar-refractivity contribution is 5.97. The number of anilines is 1. The van der Waals surface area contributed by atoms with Gasteiger partial charge in [0.1, 0.15) is 11.4 Å². The van der Waals surface area contributed by atoms with Crippen LogP contribution in [0.5, 0.6) is 5.75 Å². The number of methoxy groups -OCH3 is 1. The van der Waals surface area contributed by atoms with Gasteiger partial charge in [-0.3, -0.25) is 14.9 Å². The molecule has 2 bridgehead atoms. The van der Waals surface area contributed by atoms with Crippen LogP contribution in [0.15, 0.2) is 12.1 Å². The van der Waals surface area contributed by atoms with E-state index in [1.165, 1.54) is 24.1 Å². The standard InChI is InChI=1S/C25H35N5O8/c1-25(2,3)38-23(32)27-20-15-5-6-17(20)29(13-15)22(31)16-9-18(30(35)36)21(19(10-16)37-4)26-11-14-7-8-28(12-14)24(33)34/h9-10,14-15,17,20,26H,5-8,11-13H2,1-4H3,(H,27,32)(H,33,34)/t14-,15-,17-,20-/m1/s1. The van der Waals surface area contributed by atoms with Gasteiger partial charge >= 0.3 is 12.2 Å². The van der Waals surface area contributed by atoms with Crippen molar-refractivity contribution in [1.82, 2.24) is 15.1 Å². The molecule has 3 fully saturated rings. The number of hydrogen-bond acceptors (Lipinski definition) is 8. The number of carbonyl (C=O) groups is 3. The largest absolute Gasteiger partial charge is 0.494 e. The number of nitrogens with one attached hydrogen (secondary N) is 2. The third kappa shape index (κ3) is 5.70. The summed E-state index contributed by atoms with van der Waals surface area (Å²) in [4.78, 5) is 51.5. The lowest BCUT2D eigenvalue weighted by Crippen LogP contribution is -2.46. The number of ether oxygens (including phenoxy) is 2. The van der Waals surface area contributed by atoms with Crippen molar-refractivity contribution in [3.8, 4) is 5.75 Å². The topological polar surface area (TPSA) is 164 Å². The zero-order valence-electron chi connectivity index (χ0n) is 22.1. The van der Waals surface area contributed by atoms with E-state index >= 15 is 0 Å². The Kier molecular flexibility index (Phi) is 7.56. The van der Waals surface area contributed by atoms with Crippen LogP contribution in [0.1, 0.15) is 50.4 Å². The Balaban J connectivity index is 1.50. The first-order valence-electron chi connectivity index (χ1n) is 12.8. The van der Waals surface area contributed by atoms with Gasteiger partial charge in [-0.1, -0.05) is 0 Å². The van der Waals surface area contributed by atoms with Crippen LogP contribution in [-0.2, 0) is 4.74 Å². The molecule has 4 atom stereocenters. The molecule has 1 aromatic carbocycles. The van der Waals surface area contributed by atoms with Crippen molar-refractivity contribution >= 4 is 29.5 Å². The number of benzene rings is 1. The summed E-state index contributed by atoms with van der Waals surface area (Å²) >= 11 is 0. The number of alkyl carbamates (subject to hydrolysis) is 1. The fourth-order valence-corrected chi connectivity index (χ4v) is 5.68. The maximum absolute atomic E-state index is 13.5. The second-order valence-electron chi connectivity index (χ2n) is 11.1. The summed E-state index contributed by atoms with van der Waals surface area (Å²) in [5.74, 6) is -0.144. The number of nitro groups is 1. The second kappa shape index (κ2) is 10.5. The fraction of sp³-hybridized carbons (Fsp3) is 0.640. The Bertz CT molecular complexity index is 1120. The molecule has 4 rings (SSSR count). The highest BCUT2D eigenvalue weighted by atomic mass is 16.6. The summed E-state index contributed by atoms with van der Waals surface area (Å²) in [5.41, 5.74) is -0.667. The van der Waals surface area contributed by atoms with Crippen molar-refractivity contribution in [3.05, 3.63) is 27.8 Å². The zero-order chi connectivity index (χ0) is 27.8. The molecule has 2 saturated heterocycles. The molecule has 208 valence electrons. The molecule has 0 aromatic heterocycles. The maximum atomic E-state index is 13.5. The first kappa shape index (κ1) is 27.3. The van der Waals surface area contributed by atoms with Gasteiger partial charge in [0.15, 0.2) is 5.69 Å². The van der Waals surface area contributed by atoms with E-state index in [0.717, 1.165) is 6.42 Å². The summed E-state index contributed by atoms with van der Waals surface area (Å²) in [6.45, 7) is 6.85. The van der Waals surface area contributed by atoms with Gasteiger partial charge in [-0.25, -0.2) is 9.59 Å². The number of amides is 3. The Morgan fingerprint density at radius 3 is 2.53 bits per heavy atom. The molecule has 3 aliphatic rings. The van der Waals surface area contributed by atoms with Crippen molar-refractivity contribution in [2.45, 2.75) is 57.7 Å². The molecule has 3 N–H and O–H groups in total. The van der Waals surface area contributed by atoms with Crippen LogP contribution in [0.4, 0.5) is 21.0 Å². The van der Waals surface area contributed by atoms with E-state index in [0.29, 0.717) is 39.0 Å². The molecule has 2 heterocycles. The van der Waals surface area contributed by atoms with E-state index in [-0.39, 0.29) is 52.5 Å². The molecule has 0 unspecified atom stereocenters. The first-order chi connectivity index (χ1) is 17.9. The third-order valence-electron chi connectivity index (χ3n) is 7.40. The van der Waals surface area contributed by atoms with Crippen LogP contribution < -0.4 is 15.4 Å². The quantitative estimate of drug-likeness (QED) is 0.353. The van der Waals surface area contributed by atoms with Gasteiger partial charge in [-0.05, 0) is 57.9 Å². The predicted octanol–water partition coefficient (Wildman–Crippen LogP) is 3.14. The van der Waals surface area contributed by atoms with Gasteiger partial charge in [0, 0.05) is 32.2 Å². The second-order valence-corrected chi connectivity index (χ2v) is 11.1. The van der Waals surface area contributed by atoms with E-state index in [1.54, 1.807) is 25.7 Å². The SMILES string of the molecule is COc1cc(C(=O)N2C[C@H]3CC[C@@H]2[C@@H]3NC(=O)OC(C)(C)C)cc([N+](=O)[O-])c1NC[C@H]1CCN(C(=O)O)C1. The molecule has 38 heavy (non-hydrogen) atoms. The Hall–Kier alpha value is -3.77. The number of carboxylic acid groups (broad SMARTS) is 1. The molecule has 13 nitrogen and oxygen atoms in total. The fourth-order valence-electron chi connectivity index (χ4n) is 5.68. The summed E-state index contributed by atoms with van der Waals surface area (Å²) in [6.07, 6.45) is 0.696. The smallest absolute Gasteiger partial charge is 0.407 e. The van der Waals surface area contributed by atoms with Crippen LogP contribution in [-0.4, -0.2) is 88.9 Å². The molecular weight excluding hydrogens is 498 g/mol. The van der Waals surface area contributed by atoms with E-state index in [1.807, 2.05) is 0 Å². The number of nitrogens with zero attached hydrogens (tertiary/aromatic N) is 3. The van der Waals surface area contributed by atoms with Gasteiger partial charge < -0.3 is 35.0 Å². The van der Waals surface area contributed by atoms with Crippen LogP contribution in [0.3, 0.4) is 0 Å². The number of carbonyl (C=O) groups excluding carboxylic acids is 2. The number of fused-ring (bicyclic) bond motifs is 2. The van der Waals surface area contributed by atoms with Crippen LogP contribution in [0, 0.1) is 22.0 Å². The summed E-state index contributed by atoms with van der Waals surface area (Å²) < 4.78 is 10.8. The zero-order valence-corrected chi connectivity index (χ0v) is 22.1. The average molecular weight is 534 g/mol. The van der Waals surface area contributed by atoms with E-state index in [2.05, 4.69) is 10.6 Å². The Morgan fingerprint density at radius 1 is 1.18 bits per heavy atom. The van der Waals surface area contributed by atoms with Crippen molar-refractivity contribution < 1.29 is 33.9 Å². The molecule has 1 saturated carbocycles. The number of rotatable bonds is 7. The average Bonchev–Trinajstić information content (AvgIpc) is 3.55. The normalized spacial score (nSPS) is 24.3.